The first kappa shape index (κ1) is 20.8. The molecule has 0 saturated heterocycles. The average Bonchev–Trinajstić information content (AvgIpc) is 2.71. The molecule has 146 valence electrons. The maximum Gasteiger partial charge on any atom is 0.262 e. The minimum atomic E-state index is -0.388. The molecule has 0 aliphatic carbocycles. The van der Waals surface area contributed by atoms with Gasteiger partial charge < -0.3 is 20.1 Å². The van der Waals surface area contributed by atoms with Crippen LogP contribution in [0.4, 0.5) is 5.69 Å². The molecule has 0 fully saturated rings. The highest BCUT2D eigenvalue weighted by atomic mass is 16.5. The Bertz CT molecular complexity index is 861. The molecule has 6 nitrogen and oxygen atoms in total. The van der Waals surface area contributed by atoms with E-state index in [0.717, 1.165) is 5.56 Å². The summed E-state index contributed by atoms with van der Waals surface area (Å²) >= 11 is 0. The van der Waals surface area contributed by atoms with Crippen LogP contribution in [0.2, 0.25) is 0 Å². The Kier molecular flexibility index (Phi) is 7.84. The van der Waals surface area contributed by atoms with Crippen molar-refractivity contribution in [3.8, 4) is 11.5 Å². The summed E-state index contributed by atoms with van der Waals surface area (Å²) in [6, 6.07) is 12.2. The zero-order valence-electron chi connectivity index (χ0n) is 15.9. The van der Waals surface area contributed by atoms with Gasteiger partial charge in [0.05, 0.1) is 18.4 Å². The maximum atomic E-state index is 12.3. The Hall–Kier alpha value is -3.54. The van der Waals surface area contributed by atoms with Gasteiger partial charge in [0.15, 0.2) is 18.1 Å². The number of benzene rings is 2. The molecule has 0 bridgehead atoms. The molecule has 2 rings (SSSR count). The molecular weight excluding hydrogens is 356 g/mol. The summed E-state index contributed by atoms with van der Waals surface area (Å²) in [7, 11) is 1.54. The van der Waals surface area contributed by atoms with Crippen molar-refractivity contribution in [3.63, 3.8) is 0 Å². The SMILES string of the molecule is C=CCNC(=O)c1ccccc1NC(=O)COc1ccc(CC=C)cc1OC. The van der Waals surface area contributed by atoms with Crippen LogP contribution < -0.4 is 20.1 Å². The van der Waals surface area contributed by atoms with E-state index in [1.54, 1.807) is 42.5 Å². The molecule has 2 aromatic carbocycles. The van der Waals surface area contributed by atoms with Gasteiger partial charge in [-0.2, -0.15) is 0 Å². The molecule has 28 heavy (non-hydrogen) atoms. The van der Waals surface area contributed by atoms with Crippen LogP contribution >= 0.6 is 0 Å². The first-order valence-electron chi connectivity index (χ1n) is 8.77. The van der Waals surface area contributed by atoms with Gasteiger partial charge in [0, 0.05) is 6.54 Å². The molecule has 0 aliphatic heterocycles. The highest BCUT2D eigenvalue weighted by molar-refractivity contribution is 6.04. The molecule has 2 amide bonds. The number of allylic oxidation sites excluding steroid dienone is 1. The quantitative estimate of drug-likeness (QED) is 0.620. The van der Waals surface area contributed by atoms with Crippen molar-refractivity contribution in [2.24, 2.45) is 0 Å². The summed E-state index contributed by atoms with van der Waals surface area (Å²) in [6.07, 6.45) is 4.09. The largest absolute Gasteiger partial charge is 0.493 e. The fraction of sp³-hybridized carbons (Fsp3) is 0.182. The molecule has 0 spiro atoms. The number of nitrogens with one attached hydrogen (secondary N) is 2. The predicted octanol–water partition coefficient (Wildman–Crippen LogP) is 3.36. The van der Waals surface area contributed by atoms with E-state index >= 15 is 0 Å². The summed E-state index contributed by atoms with van der Waals surface area (Å²) < 4.78 is 10.9. The van der Waals surface area contributed by atoms with E-state index in [4.69, 9.17) is 9.47 Å². The molecule has 0 atom stereocenters. The van der Waals surface area contributed by atoms with E-state index in [0.29, 0.717) is 35.7 Å². The minimum Gasteiger partial charge on any atom is -0.493 e. The molecule has 2 aromatic rings. The van der Waals surface area contributed by atoms with Crippen LogP contribution in [0, 0.1) is 0 Å². The van der Waals surface area contributed by atoms with Crippen LogP contribution in [0.15, 0.2) is 67.8 Å². The topological polar surface area (TPSA) is 76.7 Å². The van der Waals surface area contributed by atoms with Crippen molar-refractivity contribution < 1.29 is 19.1 Å². The van der Waals surface area contributed by atoms with Crippen molar-refractivity contribution in [1.82, 2.24) is 5.32 Å². The number of methoxy groups -OCH3 is 1. The molecule has 0 aromatic heterocycles. The number of anilines is 1. The third-order valence-electron chi connectivity index (χ3n) is 3.82. The highest BCUT2D eigenvalue weighted by Gasteiger charge is 2.14. The van der Waals surface area contributed by atoms with Crippen LogP contribution in [0.1, 0.15) is 15.9 Å². The van der Waals surface area contributed by atoms with Gasteiger partial charge in [-0.05, 0) is 36.2 Å². The van der Waals surface area contributed by atoms with Gasteiger partial charge in [0.2, 0.25) is 0 Å². The molecule has 2 N–H and O–H groups in total. The van der Waals surface area contributed by atoms with Gasteiger partial charge in [0.25, 0.3) is 11.8 Å². The number of amides is 2. The second-order valence-electron chi connectivity index (χ2n) is 5.86. The minimum absolute atomic E-state index is 0.222. The number of para-hydroxylation sites is 1. The maximum absolute atomic E-state index is 12.3. The fourth-order valence-corrected chi connectivity index (χ4v) is 2.50. The van der Waals surface area contributed by atoms with Crippen molar-refractivity contribution in [2.75, 3.05) is 25.6 Å². The normalized spacial score (nSPS) is 9.89. The first-order valence-corrected chi connectivity index (χ1v) is 8.77. The first-order chi connectivity index (χ1) is 13.6. The highest BCUT2D eigenvalue weighted by Crippen LogP contribution is 2.28. The van der Waals surface area contributed by atoms with Gasteiger partial charge in [-0.1, -0.05) is 30.4 Å². The van der Waals surface area contributed by atoms with Crippen LogP contribution in [0.5, 0.6) is 11.5 Å². The van der Waals surface area contributed by atoms with Gasteiger partial charge in [0.1, 0.15) is 0 Å². The number of carbonyl (C=O) groups is 2. The van der Waals surface area contributed by atoms with Crippen molar-refractivity contribution >= 4 is 17.5 Å². The van der Waals surface area contributed by atoms with Gasteiger partial charge in [-0.25, -0.2) is 0 Å². The molecule has 0 saturated carbocycles. The Morgan fingerprint density at radius 3 is 2.57 bits per heavy atom. The van der Waals surface area contributed by atoms with Gasteiger partial charge >= 0.3 is 0 Å². The molecule has 6 heteroatoms. The Balaban J connectivity index is 2.03. The van der Waals surface area contributed by atoms with E-state index in [-0.39, 0.29) is 18.4 Å². The van der Waals surface area contributed by atoms with Gasteiger partial charge in [-0.3, -0.25) is 9.59 Å². The third-order valence-corrected chi connectivity index (χ3v) is 3.82. The van der Waals surface area contributed by atoms with Crippen molar-refractivity contribution in [2.45, 2.75) is 6.42 Å². The third kappa shape index (κ3) is 5.74. The molecule has 0 aliphatic rings. The monoisotopic (exact) mass is 380 g/mol. The lowest BCUT2D eigenvalue weighted by molar-refractivity contribution is -0.118. The van der Waals surface area contributed by atoms with Crippen LogP contribution in [-0.4, -0.2) is 32.1 Å². The summed E-state index contributed by atoms with van der Waals surface area (Å²) in [5.74, 6) is 0.316. The Labute approximate surface area is 164 Å². The molecule has 0 heterocycles. The zero-order chi connectivity index (χ0) is 20.4. The van der Waals surface area contributed by atoms with Crippen LogP contribution in [0.25, 0.3) is 0 Å². The van der Waals surface area contributed by atoms with Gasteiger partial charge in [-0.15, -0.1) is 13.2 Å². The molecule has 0 radical (unpaired) electrons. The number of hydrogen-bond donors (Lipinski definition) is 2. The van der Waals surface area contributed by atoms with E-state index in [9.17, 15) is 9.59 Å². The molecule has 0 unspecified atom stereocenters. The number of ether oxygens (including phenoxy) is 2. The fourth-order valence-electron chi connectivity index (χ4n) is 2.50. The summed E-state index contributed by atoms with van der Waals surface area (Å²) in [6.45, 7) is 7.39. The van der Waals surface area contributed by atoms with Crippen LogP contribution in [-0.2, 0) is 11.2 Å². The van der Waals surface area contributed by atoms with Crippen molar-refractivity contribution in [1.29, 1.82) is 0 Å². The number of rotatable bonds is 10. The van der Waals surface area contributed by atoms with E-state index in [2.05, 4.69) is 23.8 Å². The summed E-state index contributed by atoms with van der Waals surface area (Å²) in [4.78, 5) is 24.5. The van der Waals surface area contributed by atoms with E-state index in [1.165, 1.54) is 7.11 Å². The number of hydrogen-bond acceptors (Lipinski definition) is 4. The van der Waals surface area contributed by atoms with Crippen molar-refractivity contribution in [3.05, 3.63) is 78.9 Å². The summed E-state index contributed by atoms with van der Waals surface area (Å²) in [5, 5.41) is 5.39. The lowest BCUT2D eigenvalue weighted by Gasteiger charge is -2.13. The summed E-state index contributed by atoms with van der Waals surface area (Å²) in [5.41, 5.74) is 1.80. The van der Waals surface area contributed by atoms with E-state index in [1.807, 2.05) is 12.1 Å². The second kappa shape index (κ2) is 10.6. The standard InChI is InChI=1S/C22H24N2O4/c1-4-8-16-11-12-19(20(14-16)27-3)28-15-21(25)24-18-10-7-6-9-17(18)22(26)23-13-5-2/h4-7,9-12,14H,1-2,8,13,15H2,3H3,(H,23,26)(H,24,25). The molecular formula is C22H24N2O4. The Morgan fingerprint density at radius 2 is 1.86 bits per heavy atom. The Morgan fingerprint density at radius 1 is 1.07 bits per heavy atom. The smallest absolute Gasteiger partial charge is 0.262 e. The predicted molar refractivity (Wildman–Crippen MR) is 110 cm³/mol. The number of carbonyl (C=O) groups excluding carboxylic acids is 2. The average molecular weight is 380 g/mol. The zero-order valence-corrected chi connectivity index (χ0v) is 15.9. The van der Waals surface area contributed by atoms with E-state index < -0.39 is 0 Å². The van der Waals surface area contributed by atoms with Crippen LogP contribution in [0.3, 0.4) is 0 Å². The second-order valence-corrected chi connectivity index (χ2v) is 5.86. The lowest BCUT2D eigenvalue weighted by Crippen LogP contribution is -2.26. The lowest BCUT2D eigenvalue weighted by atomic mass is 10.1.